The van der Waals surface area contributed by atoms with Gasteiger partial charge in [0.05, 0.1) is 0 Å². The molecule has 1 unspecified atom stereocenters. The Kier molecular flexibility index (Phi) is 7.50. The SMILES string of the molecule is CCCN(CCNC(C)C1CCCC1)C(=O)OC(C)(C)C. The summed E-state index contributed by atoms with van der Waals surface area (Å²) in [5, 5.41) is 3.58. The smallest absolute Gasteiger partial charge is 0.410 e. The van der Waals surface area contributed by atoms with E-state index in [1.165, 1.54) is 25.7 Å². The first-order chi connectivity index (χ1) is 9.83. The number of amides is 1. The lowest BCUT2D eigenvalue weighted by atomic mass is 10.00. The second-order valence-electron chi connectivity index (χ2n) is 7.25. The molecule has 21 heavy (non-hydrogen) atoms. The first-order valence-electron chi connectivity index (χ1n) is 8.54. The summed E-state index contributed by atoms with van der Waals surface area (Å²) >= 11 is 0. The van der Waals surface area contributed by atoms with Crippen molar-refractivity contribution in [2.75, 3.05) is 19.6 Å². The lowest BCUT2D eigenvalue weighted by Gasteiger charge is -2.28. The van der Waals surface area contributed by atoms with Crippen molar-refractivity contribution in [2.24, 2.45) is 5.92 Å². The van der Waals surface area contributed by atoms with Gasteiger partial charge in [-0.25, -0.2) is 4.79 Å². The van der Waals surface area contributed by atoms with Crippen molar-refractivity contribution in [1.82, 2.24) is 10.2 Å². The van der Waals surface area contributed by atoms with E-state index in [2.05, 4.69) is 19.2 Å². The van der Waals surface area contributed by atoms with Crippen LogP contribution in [0.2, 0.25) is 0 Å². The number of nitrogens with zero attached hydrogens (tertiary/aromatic N) is 1. The highest BCUT2D eigenvalue weighted by atomic mass is 16.6. The zero-order valence-electron chi connectivity index (χ0n) is 14.6. The van der Waals surface area contributed by atoms with Gasteiger partial charge in [0.15, 0.2) is 0 Å². The Bertz CT molecular complexity index is 306. The first kappa shape index (κ1) is 18.3. The molecule has 0 bridgehead atoms. The molecule has 1 N–H and O–H groups in total. The van der Waals surface area contributed by atoms with E-state index in [9.17, 15) is 4.79 Å². The van der Waals surface area contributed by atoms with Crippen LogP contribution < -0.4 is 5.32 Å². The standard InChI is InChI=1S/C17H34N2O2/c1-6-12-19(16(20)21-17(3,4)5)13-11-18-14(2)15-9-7-8-10-15/h14-15,18H,6-13H2,1-5H3. The molecule has 0 aliphatic heterocycles. The summed E-state index contributed by atoms with van der Waals surface area (Å²) < 4.78 is 5.47. The third-order valence-corrected chi connectivity index (χ3v) is 4.10. The molecule has 1 amide bonds. The minimum Gasteiger partial charge on any atom is -0.444 e. The molecule has 4 heteroatoms. The third kappa shape index (κ3) is 7.16. The highest BCUT2D eigenvalue weighted by Crippen LogP contribution is 2.27. The third-order valence-electron chi connectivity index (χ3n) is 4.10. The van der Waals surface area contributed by atoms with Crippen LogP contribution in [0.1, 0.15) is 66.7 Å². The molecule has 1 aliphatic rings. The molecule has 1 fully saturated rings. The maximum Gasteiger partial charge on any atom is 0.410 e. The lowest BCUT2D eigenvalue weighted by molar-refractivity contribution is 0.0250. The molecule has 1 rings (SSSR count). The molecule has 1 aliphatic carbocycles. The van der Waals surface area contributed by atoms with Gasteiger partial charge >= 0.3 is 6.09 Å². The number of carbonyl (C=O) groups excluding carboxylic acids is 1. The molecule has 124 valence electrons. The van der Waals surface area contributed by atoms with Crippen LogP contribution in [0.4, 0.5) is 4.79 Å². The maximum absolute atomic E-state index is 12.2. The fourth-order valence-electron chi connectivity index (χ4n) is 2.94. The summed E-state index contributed by atoms with van der Waals surface area (Å²) in [7, 11) is 0. The van der Waals surface area contributed by atoms with Gasteiger partial charge in [-0.2, -0.15) is 0 Å². The number of hydrogen-bond donors (Lipinski definition) is 1. The monoisotopic (exact) mass is 298 g/mol. The summed E-state index contributed by atoms with van der Waals surface area (Å²) in [6, 6.07) is 0.551. The Morgan fingerprint density at radius 1 is 1.29 bits per heavy atom. The maximum atomic E-state index is 12.2. The number of rotatable bonds is 7. The van der Waals surface area contributed by atoms with Crippen LogP contribution in [-0.2, 0) is 4.74 Å². The van der Waals surface area contributed by atoms with Gasteiger partial charge < -0.3 is 15.0 Å². The van der Waals surface area contributed by atoms with Crippen molar-refractivity contribution < 1.29 is 9.53 Å². The number of hydrogen-bond acceptors (Lipinski definition) is 3. The van der Waals surface area contributed by atoms with E-state index in [1.54, 1.807) is 0 Å². The molecule has 1 saturated carbocycles. The quantitative estimate of drug-likeness (QED) is 0.777. The lowest BCUT2D eigenvalue weighted by Crippen LogP contribution is -2.43. The van der Waals surface area contributed by atoms with Gasteiger partial charge in [0.2, 0.25) is 0 Å². The largest absolute Gasteiger partial charge is 0.444 e. The molecule has 4 nitrogen and oxygen atoms in total. The van der Waals surface area contributed by atoms with Crippen molar-refractivity contribution in [2.45, 2.75) is 78.4 Å². The van der Waals surface area contributed by atoms with Gasteiger partial charge in [0.25, 0.3) is 0 Å². The molecule has 1 atom stereocenters. The summed E-state index contributed by atoms with van der Waals surface area (Å²) in [6.07, 6.45) is 6.20. The van der Waals surface area contributed by atoms with Gasteiger partial charge in [-0.1, -0.05) is 19.8 Å². The Balaban J connectivity index is 2.34. The number of ether oxygens (including phenoxy) is 1. The minimum absolute atomic E-state index is 0.195. The van der Waals surface area contributed by atoms with Crippen molar-refractivity contribution in [3.8, 4) is 0 Å². The minimum atomic E-state index is -0.423. The van der Waals surface area contributed by atoms with Crippen LogP contribution in [0, 0.1) is 5.92 Å². The summed E-state index contributed by atoms with van der Waals surface area (Å²) in [5.41, 5.74) is -0.423. The second-order valence-corrected chi connectivity index (χ2v) is 7.25. The van der Waals surface area contributed by atoms with Crippen molar-refractivity contribution in [3.63, 3.8) is 0 Å². The first-order valence-corrected chi connectivity index (χ1v) is 8.54. The molecular formula is C17H34N2O2. The van der Waals surface area contributed by atoms with Gasteiger partial charge in [-0.05, 0) is 52.9 Å². The number of nitrogens with one attached hydrogen (secondary N) is 1. The average Bonchev–Trinajstić information content (AvgIpc) is 2.89. The Morgan fingerprint density at radius 2 is 1.90 bits per heavy atom. The number of carbonyl (C=O) groups is 1. The molecule has 0 spiro atoms. The van der Waals surface area contributed by atoms with Crippen LogP contribution in [0.15, 0.2) is 0 Å². The van der Waals surface area contributed by atoms with E-state index in [0.717, 1.165) is 32.0 Å². The van der Waals surface area contributed by atoms with Crippen LogP contribution in [0.3, 0.4) is 0 Å². The Hall–Kier alpha value is -0.770. The average molecular weight is 298 g/mol. The molecule has 0 radical (unpaired) electrons. The fourth-order valence-corrected chi connectivity index (χ4v) is 2.94. The summed E-state index contributed by atoms with van der Waals surface area (Å²) in [6.45, 7) is 12.4. The fraction of sp³-hybridized carbons (Fsp3) is 0.941. The molecule has 0 heterocycles. The van der Waals surface area contributed by atoms with E-state index < -0.39 is 5.60 Å². The predicted octanol–water partition coefficient (Wildman–Crippen LogP) is 3.80. The van der Waals surface area contributed by atoms with Crippen LogP contribution in [-0.4, -0.2) is 42.3 Å². The van der Waals surface area contributed by atoms with Crippen LogP contribution in [0.5, 0.6) is 0 Å². The topological polar surface area (TPSA) is 41.6 Å². The highest BCUT2D eigenvalue weighted by molar-refractivity contribution is 5.68. The molecular weight excluding hydrogens is 264 g/mol. The van der Waals surface area contributed by atoms with Gasteiger partial charge in [-0.3, -0.25) is 0 Å². The van der Waals surface area contributed by atoms with Crippen molar-refractivity contribution >= 4 is 6.09 Å². The van der Waals surface area contributed by atoms with E-state index in [0.29, 0.717) is 6.04 Å². The second kappa shape index (κ2) is 8.62. The van der Waals surface area contributed by atoms with Gasteiger partial charge in [0.1, 0.15) is 5.60 Å². The van der Waals surface area contributed by atoms with E-state index in [1.807, 2.05) is 25.7 Å². The highest BCUT2D eigenvalue weighted by Gasteiger charge is 2.23. The van der Waals surface area contributed by atoms with Crippen LogP contribution >= 0.6 is 0 Å². The van der Waals surface area contributed by atoms with E-state index in [-0.39, 0.29) is 6.09 Å². The van der Waals surface area contributed by atoms with Crippen molar-refractivity contribution in [3.05, 3.63) is 0 Å². The van der Waals surface area contributed by atoms with Crippen LogP contribution in [0.25, 0.3) is 0 Å². The normalized spacial score (nSPS) is 17.8. The molecule has 0 aromatic carbocycles. The zero-order valence-corrected chi connectivity index (χ0v) is 14.6. The van der Waals surface area contributed by atoms with Crippen molar-refractivity contribution in [1.29, 1.82) is 0 Å². The molecule has 0 aromatic rings. The molecule has 0 saturated heterocycles. The summed E-state index contributed by atoms with van der Waals surface area (Å²) in [5.74, 6) is 0.811. The summed E-state index contributed by atoms with van der Waals surface area (Å²) in [4.78, 5) is 14.0. The van der Waals surface area contributed by atoms with Gasteiger partial charge in [0, 0.05) is 25.7 Å². The molecule has 0 aromatic heterocycles. The van der Waals surface area contributed by atoms with E-state index in [4.69, 9.17) is 4.74 Å². The zero-order chi connectivity index (χ0) is 15.9. The Morgan fingerprint density at radius 3 is 2.43 bits per heavy atom. The Labute approximate surface area is 130 Å². The predicted molar refractivity (Wildman–Crippen MR) is 87.5 cm³/mol. The van der Waals surface area contributed by atoms with Gasteiger partial charge in [-0.15, -0.1) is 0 Å². The van der Waals surface area contributed by atoms with E-state index >= 15 is 0 Å².